The number of hydrogen-bond donors (Lipinski definition) is 1. The van der Waals surface area contributed by atoms with Crippen molar-refractivity contribution in [3.8, 4) is 0 Å². The van der Waals surface area contributed by atoms with Gasteiger partial charge in [0.05, 0.1) is 12.5 Å². The fraction of sp³-hybridized carbons (Fsp3) is 0.857. The first-order valence-electron chi connectivity index (χ1n) is 7.55. The molecule has 0 radical (unpaired) electrons. The fourth-order valence-electron chi connectivity index (χ4n) is 3.06. The predicted octanol–water partition coefficient (Wildman–Crippen LogP) is -0.619. The number of likely N-dealkylation sites (tertiary alicyclic amines) is 1. The molecule has 0 saturated carbocycles. The number of rotatable bonds is 4. The summed E-state index contributed by atoms with van der Waals surface area (Å²) in [4.78, 5) is 30.1. The van der Waals surface area contributed by atoms with Crippen molar-refractivity contribution >= 4 is 11.8 Å². The molecule has 1 N–H and O–H groups in total. The molecule has 2 heterocycles. The van der Waals surface area contributed by atoms with Crippen molar-refractivity contribution in [2.75, 3.05) is 52.4 Å². The summed E-state index contributed by atoms with van der Waals surface area (Å²) >= 11 is 0. The molecular formula is C14H25N3O3. The molecule has 1 atom stereocenters. The van der Waals surface area contributed by atoms with Crippen molar-refractivity contribution in [3.63, 3.8) is 0 Å². The van der Waals surface area contributed by atoms with E-state index < -0.39 is 0 Å². The third kappa shape index (κ3) is 3.49. The zero-order valence-electron chi connectivity index (χ0n) is 12.3. The number of carbonyl (C=O) groups is 2. The number of aliphatic hydroxyl groups is 1. The molecule has 2 saturated heterocycles. The van der Waals surface area contributed by atoms with Crippen molar-refractivity contribution in [2.24, 2.45) is 5.92 Å². The minimum atomic E-state index is -0.160. The number of carbonyl (C=O) groups excluding carboxylic acids is 2. The van der Waals surface area contributed by atoms with E-state index in [4.69, 9.17) is 5.11 Å². The van der Waals surface area contributed by atoms with Gasteiger partial charge >= 0.3 is 0 Å². The normalized spacial score (nSPS) is 25.1. The maximum Gasteiger partial charge on any atom is 0.228 e. The van der Waals surface area contributed by atoms with Crippen LogP contribution in [0, 0.1) is 5.92 Å². The van der Waals surface area contributed by atoms with Crippen molar-refractivity contribution < 1.29 is 14.7 Å². The van der Waals surface area contributed by atoms with Gasteiger partial charge in [0.25, 0.3) is 0 Å². The van der Waals surface area contributed by atoms with Gasteiger partial charge in [-0.3, -0.25) is 14.5 Å². The fourth-order valence-corrected chi connectivity index (χ4v) is 3.06. The van der Waals surface area contributed by atoms with E-state index in [0.717, 1.165) is 26.1 Å². The van der Waals surface area contributed by atoms with E-state index in [0.29, 0.717) is 32.6 Å². The van der Waals surface area contributed by atoms with Crippen LogP contribution in [0.2, 0.25) is 0 Å². The molecule has 2 fully saturated rings. The summed E-state index contributed by atoms with van der Waals surface area (Å²) in [6, 6.07) is 0. The quantitative estimate of drug-likeness (QED) is 0.747. The monoisotopic (exact) mass is 283 g/mol. The van der Waals surface area contributed by atoms with Gasteiger partial charge in [-0.2, -0.15) is 0 Å². The summed E-state index contributed by atoms with van der Waals surface area (Å²) < 4.78 is 0. The molecule has 0 aliphatic carbocycles. The number of amides is 2. The topological polar surface area (TPSA) is 64.1 Å². The number of β-amino-alcohol motifs (C(OH)–C–C–N with tert-alkyl or cyclic N) is 1. The zero-order chi connectivity index (χ0) is 14.5. The summed E-state index contributed by atoms with van der Waals surface area (Å²) in [6.45, 7) is 7.25. The number of hydrogen-bond acceptors (Lipinski definition) is 4. The van der Waals surface area contributed by atoms with Gasteiger partial charge < -0.3 is 14.9 Å². The Balaban J connectivity index is 1.88. The molecule has 6 heteroatoms. The molecule has 0 aromatic rings. The van der Waals surface area contributed by atoms with E-state index in [-0.39, 0.29) is 24.3 Å². The average Bonchev–Trinajstić information content (AvgIpc) is 2.67. The van der Waals surface area contributed by atoms with Crippen molar-refractivity contribution in [1.82, 2.24) is 14.7 Å². The van der Waals surface area contributed by atoms with Crippen LogP contribution in [-0.4, -0.2) is 84.0 Å². The zero-order valence-corrected chi connectivity index (χ0v) is 12.3. The van der Waals surface area contributed by atoms with Gasteiger partial charge in [-0.1, -0.05) is 0 Å². The van der Waals surface area contributed by atoms with Crippen LogP contribution in [0.3, 0.4) is 0 Å². The van der Waals surface area contributed by atoms with Crippen LogP contribution in [0.1, 0.15) is 19.8 Å². The SMILES string of the molecule is CCN1CC(C(=O)N2CCCN(CCO)CC2)CC1=O. The van der Waals surface area contributed by atoms with E-state index >= 15 is 0 Å². The lowest BCUT2D eigenvalue weighted by molar-refractivity contribution is -0.135. The second-order valence-corrected chi connectivity index (χ2v) is 5.58. The van der Waals surface area contributed by atoms with Gasteiger partial charge in [-0.25, -0.2) is 0 Å². The first kappa shape index (κ1) is 15.3. The molecule has 2 rings (SSSR count). The molecule has 0 spiro atoms. The van der Waals surface area contributed by atoms with Crippen LogP contribution >= 0.6 is 0 Å². The Bertz CT molecular complexity index is 362. The Labute approximate surface area is 120 Å². The Morgan fingerprint density at radius 2 is 2.10 bits per heavy atom. The first-order chi connectivity index (χ1) is 9.65. The molecular weight excluding hydrogens is 258 g/mol. The summed E-state index contributed by atoms with van der Waals surface area (Å²) in [5.74, 6) is 0.0644. The van der Waals surface area contributed by atoms with Gasteiger partial charge in [-0.05, 0) is 19.9 Å². The highest BCUT2D eigenvalue weighted by Crippen LogP contribution is 2.20. The first-order valence-corrected chi connectivity index (χ1v) is 7.55. The molecule has 0 aromatic carbocycles. The van der Waals surface area contributed by atoms with E-state index in [1.807, 2.05) is 11.8 Å². The Morgan fingerprint density at radius 1 is 1.30 bits per heavy atom. The van der Waals surface area contributed by atoms with Crippen molar-refractivity contribution in [1.29, 1.82) is 0 Å². The molecule has 6 nitrogen and oxygen atoms in total. The van der Waals surface area contributed by atoms with Gasteiger partial charge in [0.1, 0.15) is 0 Å². The van der Waals surface area contributed by atoms with E-state index in [2.05, 4.69) is 4.90 Å². The van der Waals surface area contributed by atoms with Gasteiger partial charge in [0.2, 0.25) is 11.8 Å². The second kappa shape index (κ2) is 7.04. The van der Waals surface area contributed by atoms with E-state index in [9.17, 15) is 9.59 Å². The van der Waals surface area contributed by atoms with Crippen LogP contribution < -0.4 is 0 Å². The van der Waals surface area contributed by atoms with Crippen molar-refractivity contribution in [2.45, 2.75) is 19.8 Å². The highest BCUT2D eigenvalue weighted by atomic mass is 16.3. The lowest BCUT2D eigenvalue weighted by Gasteiger charge is -2.24. The predicted molar refractivity (Wildman–Crippen MR) is 75.1 cm³/mol. The molecule has 0 bridgehead atoms. The maximum absolute atomic E-state index is 12.5. The minimum Gasteiger partial charge on any atom is -0.395 e. The Kier molecular flexibility index (Phi) is 5.37. The summed E-state index contributed by atoms with van der Waals surface area (Å²) in [7, 11) is 0. The number of aliphatic hydroxyl groups excluding tert-OH is 1. The molecule has 2 amide bonds. The third-order valence-electron chi connectivity index (χ3n) is 4.26. The highest BCUT2D eigenvalue weighted by molar-refractivity contribution is 5.89. The molecule has 20 heavy (non-hydrogen) atoms. The van der Waals surface area contributed by atoms with Crippen LogP contribution in [-0.2, 0) is 9.59 Å². The molecule has 1 unspecified atom stereocenters. The summed E-state index contributed by atoms with van der Waals surface area (Å²) in [5.41, 5.74) is 0. The molecule has 0 aromatic heterocycles. The average molecular weight is 283 g/mol. The van der Waals surface area contributed by atoms with Crippen molar-refractivity contribution in [3.05, 3.63) is 0 Å². The van der Waals surface area contributed by atoms with Crippen LogP contribution in [0.4, 0.5) is 0 Å². The Morgan fingerprint density at radius 3 is 2.75 bits per heavy atom. The van der Waals surface area contributed by atoms with Crippen LogP contribution in [0.15, 0.2) is 0 Å². The van der Waals surface area contributed by atoms with Crippen LogP contribution in [0.5, 0.6) is 0 Å². The third-order valence-corrected chi connectivity index (χ3v) is 4.26. The molecule has 2 aliphatic heterocycles. The van der Waals surface area contributed by atoms with Gasteiger partial charge in [-0.15, -0.1) is 0 Å². The van der Waals surface area contributed by atoms with Gasteiger partial charge in [0, 0.05) is 45.7 Å². The minimum absolute atomic E-state index is 0.0996. The lowest BCUT2D eigenvalue weighted by atomic mass is 10.1. The number of nitrogens with zero attached hydrogens (tertiary/aromatic N) is 3. The lowest BCUT2D eigenvalue weighted by Crippen LogP contribution is -2.40. The van der Waals surface area contributed by atoms with Gasteiger partial charge in [0.15, 0.2) is 0 Å². The second-order valence-electron chi connectivity index (χ2n) is 5.58. The Hall–Kier alpha value is -1.14. The summed E-state index contributed by atoms with van der Waals surface area (Å²) in [6.07, 6.45) is 1.30. The summed E-state index contributed by atoms with van der Waals surface area (Å²) in [5, 5.41) is 8.98. The maximum atomic E-state index is 12.5. The highest BCUT2D eigenvalue weighted by Gasteiger charge is 2.36. The van der Waals surface area contributed by atoms with Crippen LogP contribution in [0.25, 0.3) is 0 Å². The van der Waals surface area contributed by atoms with E-state index in [1.54, 1.807) is 4.90 Å². The smallest absolute Gasteiger partial charge is 0.228 e. The molecule has 2 aliphatic rings. The standard InChI is InChI=1S/C14H25N3O3/c1-2-16-11-12(10-13(16)19)14(20)17-5-3-4-15(6-7-17)8-9-18/h12,18H,2-11H2,1H3. The van der Waals surface area contributed by atoms with E-state index in [1.165, 1.54) is 0 Å². The largest absolute Gasteiger partial charge is 0.395 e. The molecule has 114 valence electrons.